The van der Waals surface area contributed by atoms with Crippen molar-refractivity contribution in [2.45, 2.75) is 63.9 Å². The normalized spacial score (nSPS) is 26.9. The molecule has 2 unspecified atom stereocenters. The first-order valence-electron chi connectivity index (χ1n) is 12.1. The van der Waals surface area contributed by atoms with Crippen LogP contribution in [0.5, 0.6) is 0 Å². The molecule has 2 aliphatic heterocycles. The van der Waals surface area contributed by atoms with Crippen molar-refractivity contribution in [3.05, 3.63) is 53.6 Å². The van der Waals surface area contributed by atoms with E-state index in [-0.39, 0.29) is 17.2 Å². The highest BCUT2D eigenvalue weighted by Gasteiger charge is 2.52. The van der Waals surface area contributed by atoms with Crippen LogP contribution in [0.2, 0.25) is 0 Å². The van der Waals surface area contributed by atoms with Crippen molar-refractivity contribution in [3.63, 3.8) is 0 Å². The summed E-state index contributed by atoms with van der Waals surface area (Å²) in [6.45, 7) is 12.0. The van der Waals surface area contributed by atoms with Gasteiger partial charge in [0.2, 0.25) is 0 Å². The Kier molecular flexibility index (Phi) is 5.72. The molecular weight excluding hydrogens is 413 g/mol. The van der Waals surface area contributed by atoms with Gasteiger partial charge in [-0.25, -0.2) is 0 Å². The molecule has 6 nitrogen and oxygen atoms in total. The molecule has 0 saturated carbocycles. The minimum absolute atomic E-state index is 0.126. The molecule has 0 bridgehead atoms. The third-order valence-electron chi connectivity index (χ3n) is 8.16. The van der Waals surface area contributed by atoms with Crippen molar-refractivity contribution >= 4 is 24.0 Å². The molecule has 176 valence electrons. The molecule has 2 atom stereocenters. The number of anilines is 2. The number of nitrogen functional groups attached to an aromatic ring is 1. The molecular formula is C26H36BN3O3. The Morgan fingerprint density at radius 2 is 1.58 bits per heavy atom. The zero-order valence-electron chi connectivity index (χ0n) is 20.3. The predicted octanol–water partition coefficient (Wildman–Crippen LogP) is 2.22. The van der Waals surface area contributed by atoms with E-state index in [0.29, 0.717) is 6.42 Å². The smallest absolute Gasteiger partial charge is 0.399 e. The summed E-state index contributed by atoms with van der Waals surface area (Å²) in [6, 6.07) is 14.6. The molecule has 0 spiro atoms. The van der Waals surface area contributed by atoms with Crippen LogP contribution in [0.15, 0.2) is 42.5 Å². The Bertz CT molecular complexity index is 1000. The van der Waals surface area contributed by atoms with Crippen LogP contribution in [-0.2, 0) is 22.2 Å². The predicted molar refractivity (Wildman–Crippen MR) is 134 cm³/mol. The third kappa shape index (κ3) is 4.05. The molecule has 0 amide bonds. The second kappa shape index (κ2) is 8.31. The summed E-state index contributed by atoms with van der Waals surface area (Å²) in [4.78, 5) is 4.80. The number of hydrogen-bond acceptors (Lipinski definition) is 6. The number of aliphatic hydroxyl groups is 1. The van der Waals surface area contributed by atoms with Gasteiger partial charge < -0.3 is 25.0 Å². The van der Waals surface area contributed by atoms with Gasteiger partial charge in [0.15, 0.2) is 0 Å². The van der Waals surface area contributed by atoms with Crippen LogP contribution in [-0.4, -0.2) is 66.7 Å². The van der Waals surface area contributed by atoms with E-state index in [1.807, 2.05) is 18.2 Å². The lowest BCUT2D eigenvalue weighted by Gasteiger charge is -2.44. The van der Waals surface area contributed by atoms with Gasteiger partial charge in [0.05, 0.1) is 28.7 Å². The Morgan fingerprint density at radius 1 is 0.909 bits per heavy atom. The molecule has 33 heavy (non-hydrogen) atoms. The number of rotatable bonds is 3. The number of benzene rings is 2. The SMILES string of the molecule is CC1(C)OB(c2cccc3c2CC(O)C(N2CCN(c4ccccc4N)CC2)C3)OC1(C)C. The summed E-state index contributed by atoms with van der Waals surface area (Å²) >= 11 is 0. The van der Waals surface area contributed by atoms with Gasteiger partial charge in [-0.3, -0.25) is 4.90 Å². The average Bonchev–Trinajstić information content (AvgIpc) is 3.00. The van der Waals surface area contributed by atoms with E-state index in [2.05, 4.69) is 61.8 Å². The molecule has 2 aromatic carbocycles. The highest BCUT2D eigenvalue weighted by atomic mass is 16.7. The summed E-state index contributed by atoms with van der Waals surface area (Å²) in [6.07, 6.45) is 1.07. The maximum Gasteiger partial charge on any atom is 0.495 e. The van der Waals surface area contributed by atoms with Crippen molar-refractivity contribution in [2.24, 2.45) is 0 Å². The van der Waals surface area contributed by atoms with E-state index in [9.17, 15) is 5.11 Å². The quantitative estimate of drug-likeness (QED) is 0.553. The Hall–Kier alpha value is -2.06. The van der Waals surface area contributed by atoms with E-state index < -0.39 is 13.2 Å². The number of aliphatic hydroxyl groups excluding tert-OH is 1. The molecule has 0 radical (unpaired) electrons. The van der Waals surface area contributed by atoms with E-state index in [1.54, 1.807) is 0 Å². The first kappa shape index (κ1) is 22.7. The minimum atomic E-state index is -0.408. The molecule has 5 rings (SSSR count). The lowest BCUT2D eigenvalue weighted by atomic mass is 9.70. The molecule has 2 fully saturated rings. The first-order valence-corrected chi connectivity index (χ1v) is 12.1. The van der Waals surface area contributed by atoms with Gasteiger partial charge in [-0.05, 0) is 69.3 Å². The van der Waals surface area contributed by atoms with Crippen molar-refractivity contribution in [3.8, 4) is 0 Å². The number of nitrogens with two attached hydrogens (primary N) is 1. The van der Waals surface area contributed by atoms with Crippen LogP contribution in [0.1, 0.15) is 38.8 Å². The van der Waals surface area contributed by atoms with Crippen LogP contribution in [0.4, 0.5) is 11.4 Å². The summed E-state index contributed by atoms with van der Waals surface area (Å²) in [5, 5.41) is 11.2. The third-order valence-corrected chi connectivity index (χ3v) is 8.16. The van der Waals surface area contributed by atoms with Gasteiger partial charge in [0.1, 0.15) is 0 Å². The zero-order valence-corrected chi connectivity index (χ0v) is 20.3. The van der Waals surface area contributed by atoms with Gasteiger partial charge in [0.25, 0.3) is 0 Å². The zero-order chi connectivity index (χ0) is 23.4. The highest BCUT2D eigenvalue weighted by molar-refractivity contribution is 6.62. The molecule has 3 aliphatic rings. The van der Waals surface area contributed by atoms with Crippen molar-refractivity contribution in [1.82, 2.24) is 4.90 Å². The van der Waals surface area contributed by atoms with Gasteiger partial charge in [-0.15, -0.1) is 0 Å². The van der Waals surface area contributed by atoms with Gasteiger partial charge >= 0.3 is 7.12 Å². The molecule has 2 heterocycles. The molecule has 0 aromatic heterocycles. The number of hydrogen-bond donors (Lipinski definition) is 2. The second-order valence-corrected chi connectivity index (χ2v) is 10.7. The van der Waals surface area contributed by atoms with Crippen LogP contribution in [0.25, 0.3) is 0 Å². The average molecular weight is 449 g/mol. The first-order chi connectivity index (χ1) is 15.7. The van der Waals surface area contributed by atoms with Crippen LogP contribution in [0, 0.1) is 0 Å². The lowest BCUT2D eigenvalue weighted by molar-refractivity contribution is 0.00578. The number of nitrogens with zero attached hydrogens (tertiary/aromatic N) is 2. The molecule has 2 aromatic rings. The molecule has 7 heteroatoms. The van der Waals surface area contributed by atoms with E-state index >= 15 is 0 Å². The maximum atomic E-state index is 11.2. The number of para-hydroxylation sites is 2. The second-order valence-electron chi connectivity index (χ2n) is 10.7. The summed E-state index contributed by atoms with van der Waals surface area (Å²) < 4.78 is 12.7. The highest BCUT2D eigenvalue weighted by Crippen LogP contribution is 2.37. The van der Waals surface area contributed by atoms with Crippen LogP contribution >= 0.6 is 0 Å². The topological polar surface area (TPSA) is 71.2 Å². The fourth-order valence-electron chi connectivity index (χ4n) is 5.43. The summed E-state index contributed by atoms with van der Waals surface area (Å²) in [7, 11) is -0.395. The standard InChI is InChI=1S/C26H36BN3O3/c1-25(2)26(3,4)33-27(32-25)20-9-7-8-18-16-23(24(31)17-19(18)20)30-14-12-29(13-15-30)22-11-6-5-10-21(22)28/h5-11,23-24,31H,12-17,28H2,1-4H3. The summed E-state index contributed by atoms with van der Waals surface area (Å²) in [5.74, 6) is 0. The maximum absolute atomic E-state index is 11.2. The van der Waals surface area contributed by atoms with Crippen molar-refractivity contribution < 1.29 is 14.4 Å². The Labute approximate surface area is 197 Å². The summed E-state index contributed by atoms with van der Waals surface area (Å²) in [5.41, 5.74) is 10.9. The monoisotopic (exact) mass is 449 g/mol. The number of piperazine rings is 1. The molecule has 3 N–H and O–H groups in total. The largest absolute Gasteiger partial charge is 0.495 e. The molecule has 1 aliphatic carbocycles. The van der Waals surface area contributed by atoms with Crippen LogP contribution in [0.3, 0.4) is 0 Å². The Morgan fingerprint density at radius 3 is 2.24 bits per heavy atom. The van der Waals surface area contributed by atoms with Crippen LogP contribution < -0.4 is 16.1 Å². The van der Waals surface area contributed by atoms with Gasteiger partial charge in [0, 0.05) is 32.2 Å². The van der Waals surface area contributed by atoms with Crippen molar-refractivity contribution in [1.29, 1.82) is 0 Å². The van der Waals surface area contributed by atoms with E-state index in [4.69, 9.17) is 15.0 Å². The van der Waals surface area contributed by atoms with E-state index in [0.717, 1.165) is 49.4 Å². The fraction of sp³-hybridized carbons (Fsp3) is 0.538. The molecule has 2 saturated heterocycles. The lowest BCUT2D eigenvalue weighted by Crippen LogP contribution is -2.56. The Balaban J connectivity index is 1.30. The van der Waals surface area contributed by atoms with Gasteiger partial charge in [-0.2, -0.15) is 0 Å². The van der Waals surface area contributed by atoms with E-state index in [1.165, 1.54) is 11.1 Å². The van der Waals surface area contributed by atoms with Gasteiger partial charge in [-0.1, -0.05) is 30.3 Å². The fourth-order valence-corrected chi connectivity index (χ4v) is 5.43. The van der Waals surface area contributed by atoms with Crippen molar-refractivity contribution in [2.75, 3.05) is 36.8 Å². The number of fused-ring (bicyclic) bond motifs is 1. The minimum Gasteiger partial charge on any atom is -0.399 e.